The molecule has 0 aliphatic rings. The number of nitrogens with zero attached hydrogens (tertiary/aromatic N) is 5. The molecule has 0 radical (unpaired) electrons. The van der Waals surface area contributed by atoms with Gasteiger partial charge in [-0.25, -0.2) is 0 Å². The van der Waals surface area contributed by atoms with E-state index in [9.17, 15) is 0 Å². The summed E-state index contributed by atoms with van der Waals surface area (Å²) < 4.78 is 0. The van der Waals surface area contributed by atoms with Crippen LogP contribution in [0.1, 0.15) is 13.8 Å². The number of thiocyanates is 1. The minimum absolute atomic E-state index is 0.404. The van der Waals surface area contributed by atoms with Crippen LogP contribution in [0.3, 0.4) is 0 Å². The van der Waals surface area contributed by atoms with Crippen LogP contribution in [-0.2, 0) is 0 Å². The Bertz CT molecular complexity index is 438. The lowest BCUT2D eigenvalue weighted by molar-refractivity contribution is 0.784. The third kappa shape index (κ3) is 3.89. The number of hydrogen-bond donors (Lipinski definition) is 1. The van der Waals surface area contributed by atoms with Gasteiger partial charge in [0.1, 0.15) is 5.40 Å². The Kier molecular flexibility index (Phi) is 5.94. The molecule has 0 fully saturated rings. The molecule has 1 N–H and O–H groups in total. The number of hydrogen-bond acceptors (Lipinski definition) is 7. The van der Waals surface area contributed by atoms with E-state index in [0.717, 1.165) is 24.9 Å². The van der Waals surface area contributed by atoms with Gasteiger partial charge < -0.3 is 10.2 Å². The number of aromatic nitrogens is 3. The van der Waals surface area contributed by atoms with Gasteiger partial charge in [0, 0.05) is 31.4 Å². The highest BCUT2D eigenvalue weighted by Gasteiger charge is 2.11. The largest absolute Gasteiger partial charge is 0.351 e. The van der Waals surface area contributed by atoms with Crippen LogP contribution in [0.2, 0.25) is 0 Å². The lowest BCUT2D eigenvalue weighted by Crippen LogP contribution is -2.25. The Morgan fingerprint density at radius 1 is 1.39 bits per heavy atom. The Morgan fingerprint density at radius 3 is 2.67 bits per heavy atom. The van der Waals surface area contributed by atoms with Crippen molar-refractivity contribution < 1.29 is 0 Å². The van der Waals surface area contributed by atoms with Gasteiger partial charge in [0.15, 0.2) is 0 Å². The van der Waals surface area contributed by atoms with E-state index in [0.29, 0.717) is 23.6 Å². The monoisotopic (exact) mass is 264 g/mol. The number of nitrogens with one attached hydrogen (secondary N) is 1. The van der Waals surface area contributed by atoms with Gasteiger partial charge in [-0.3, -0.25) is 0 Å². The second kappa shape index (κ2) is 7.50. The summed E-state index contributed by atoms with van der Waals surface area (Å²) in [6.45, 7) is 9.86. The normalized spacial score (nSPS) is 9.61. The molecule has 1 rings (SSSR count). The van der Waals surface area contributed by atoms with E-state index >= 15 is 0 Å². The molecule has 7 heteroatoms. The minimum Gasteiger partial charge on any atom is -0.351 e. The Hall–Kier alpha value is -1.81. The number of anilines is 2. The fourth-order valence-corrected chi connectivity index (χ4v) is 1.66. The zero-order valence-corrected chi connectivity index (χ0v) is 11.4. The van der Waals surface area contributed by atoms with Crippen LogP contribution < -0.4 is 10.2 Å². The maximum Gasteiger partial charge on any atom is 0.231 e. The fraction of sp³-hybridized carbons (Fsp3) is 0.455. The van der Waals surface area contributed by atoms with Crippen molar-refractivity contribution in [2.24, 2.45) is 0 Å². The second-order valence-corrected chi connectivity index (χ2v) is 4.03. The van der Waals surface area contributed by atoms with Crippen molar-refractivity contribution in [2.45, 2.75) is 19.0 Å². The summed E-state index contributed by atoms with van der Waals surface area (Å²) in [5, 5.41) is 14.1. The minimum atomic E-state index is 0.404. The molecule has 0 spiro atoms. The maximum absolute atomic E-state index is 8.69. The Balaban J connectivity index is 3.04. The third-order valence-electron chi connectivity index (χ3n) is 2.19. The van der Waals surface area contributed by atoms with Gasteiger partial charge in [0.05, 0.1) is 0 Å². The molecule has 0 saturated carbocycles. The standard InChI is InChI=1S/C11H16N6S/c1-4-7-13-9-14-10(17(5-2)6-3)16-11(15-9)18-8-12/h4H,1,5-7H2,2-3H3,(H,13,14,15,16). The summed E-state index contributed by atoms with van der Waals surface area (Å²) in [7, 11) is 0. The fourth-order valence-electron chi connectivity index (χ4n) is 1.32. The molecule has 0 aromatic carbocycles. The Morgan fingerprint density at radius 2 is 2.11 bits per heavy atom. The number of rotatable bonds is 7. The first-order valence-electron chi connectivity index (χ1n) is 5.66. The molecule has 0 bridgehead atoms. The van der Waals surface area contributed by atoms with E-state index in [4.69, 9.17) is 5.26 Å². The van der Waals surface area contributed by atoms with Gasteiger partial charge in [-0.15, -0.1) is 6.58 Å². The van der Waals surface area contributed by atoms with E-state index in [2.05, 4.69) is 26.8 Å². The summed E-state index contributed by atoms with van der Waals surface area (Å²) in [6, 6.07) is 0. The molecular formula is C11H16N6S. The first-order valence-corrected chi connectivity index (χ1v) is 6.48. The SMILES string of the molecule is C=CCNc1nc(SC#N)nc(N(CC)CC)n1. The Labute approximate surface area is 111 Å². The molecular weight excluding hydrogens is 248 g/mol. The van der Waals surface area contributed by atoms with Crippen molar-refractivity contribution in [3.05, 3.63) is 12.7 Å². The highest BCUT2D eigenvalue weighted by molar-refractivity contribution is 8.03. The predicted octanol–water partition coefficient (Wildman–Crippen LogP) is 1.89. The summed E-state index contributed by atoms with van der Waals surface area (Å²) in [5.41, 5.74) is 0. The molecule has 96 valence electrons. The van der Waals surface area contributed by atoms with Crippen LogP contribution >= 0.6 is 11.8 Å². The van der Waals surface area contributed by atoms with E-state index < -0.39 is 0 Å². The van der Waals surface area contributed by atoms with Crippen molar-refractivity contribution in [3.8, 4) is 5.40 Å². The van der Waals surface area contributed by atoms with Crippen LogP contribution in [0.4, 0.5) is 11.9 Å². The summed E-state index contributed by atoms with van der Waals surface area (Å²) in [6.07, 6.45) is 1.72. The van der Waals surface area contributed by atoms with Crippen molar-refractivity contribution >= 4 is 23.7 Å². The van der Waals surface area contributed by atoms with Gasteiger partial charge in [0.2, 0.25) is 17.1 Å². The van der Waals surface area contributed by atoms with E-state index in [1.165, 1.54) is 0 Å². The van der Waals surface area contributed by atoms with Crippen molar-refractivity contribution in [1.82, 2.24) is 15.0 Å². The van der Waals surface area contributed by atoms with E-state index in [1.807, 2.05) is 24.1 Å². The lowest BCUT2D eigenvalue weighted by Gasteiger charge is -2.19. The van der Waals surface area contributed by atoms with Gasteiger partial charge in [-0.05, 0) is 13.8 Å². The molecule has 1 heterocycles. The zero-order valence-electron chi connectivity index (χ0n) is 10.6. The van der Waals surface area contributed by atoms with Crippen LogP contribution in [0.15, 0.2) is 17.8 Å². The molecule has 1 aromatic rings. The highest BCUT2D eigenvalue weighted by Crippen LogP contribution is 2.17. The molecule has 6 nitrogen and oxygen atoms in total. The molecule has 0 atom stereocenters. The first kappa shape index (κ1) is 14.3. The second-order valence-electron chi connectivity index (χ2n) is 3.28. The summed E-state index contributed by atoms with van der Waals surface area (Å²) in [5.74, 6) is 1.05. The van der Waals surface area contributed by atoms with Gasteiger partial charge >= 0.3 is 0 Å². The average molecular weight is 264 g/mol. The molecule has 0 aliphatic heterocycles. The van der Waals surface area contributed by atoms with Crippen LogP contribution in [0, 0.1) is 10.7 Å². The van der Waals surface area contributed by atoms with E-state index in [1.54, 1.807) is 6.08 Å². The predicted molar refractivity (Wildman–Crippen MR) is 73.5 cm³/mol. The highest BCUT2D eigenvalue weighted by atomic mass is 32.2. The van der Waals surface area contributed by atoms with Crippen molar-refractivity contribution in [3.63, 3.8) is 0 Å². The smallest absolute Gasteiger partial charge is 0.231 e. The van der Waals surface area contributed by atoms with Crippen molar-refractivity contribution in [1.29, 1.82) is 5.26 Å². The molecule has 0 unspecified atom stereocenters. The lowest BCUT2D eigenvalue weighted by atomic mass is 10.5. The first-order chi connectivity index (χ1) is 8.74. The van der Waals surface area contributed by atoms with Gasteiger partial charge in [-0.1, -0.05) is 6.08 Å². The zero-order chi connectivity index (χ0) is 13.4. The summed E-state index contributed by atoms with van der Waals surface area (Å²) >= 11 is 0.926. The average Bonchev–Trinajstić information content (AvgIpc) is 2.38. The van der Waals surface area contributed by atoms with Crippen LogP contribution in [-0.4, -0.2) is 34.6 Å². The third-order valence-corrected chi connectivity index (χ3v) is 2.65. The van der Waals surface area contributed by atoms with Crippen LogP contribution in [0.25, 0.3) is 0 Å². The molecule has 0 amide bonds. The molecule has 0 saturated heterocycles. The van der Waals surface area contributed by atoms with Gasteiger partial charge in [-0.2, -0.15) is 20.2 Å². The summed E-state index contributed by atoms with van der Waals surface area (Å²) in [4.78, 5) is 14.7. The maximum atomic E-state index is 8.69. The van der Waals surface area contributed by atoms with E-state index in [-0.39, 0.29) is 0 Å². The van der Waals surface area contributed by atoms with Gasteiger partial charge in [0.25, 0.3) is 0 Å². The molecule has 18 heavy (non-hydrogen) atoms. The number of nitriles is 1. The topological polar surface area (TPSA) is 77.7 Å². The molecule has 1 aromatic heterocycles. The quantitative estimate of drug-likeness (QED) is 0.457. The van der Waals surface area contributed by atoms with Crippen LogP contribution in [0.5, 0.6) is 0 Å². The molecule has 0 aliphatic carbocycles. The van der Waals surface area contributed by atoms with Crippen molar-refractivity contribution in [2.75, 3.05) is 29.9 Å². The number of thioether (sulfide) groups is 1.